The molecule has 0 aromatic carbocycles. The van der Waals surface area contributed by atoms with Crippen LogP contribution in [-0.4, -0.2) is 47.7 Å². The Morgan fingerprint density at radius 1 is 1.40 bits per heavy atom. The number of carbonyl (C=O) groups is 1. The van der Waals surface area contributed by atoms with E-state index in [0.29, 0.717) is 6.04 Å². The Bertz CT molecular complexity index is 233. The fraction of sp³-hybridized carbons (Fsp3) is 0.909. The third-order valence-electron chi connectivity index (χ3n) is 3.58. The van der Waals surface area contributed by atoms with Crippen LogP contribution >= 0.6 is 0 Å². The molecule has 2 rings (SSSR count). The van der Waals surface area contributed by atoms with Gasteiger partial charge in [0.05, 0.1) is 0 Å². The highest BCUT2D eigenvalue weighted by molar-refractivity contribution is 5.66. The van der Waals surface area contributed by atoms with Crippen molar-refractivity contribution in [2.45, 2.75) is 44.2 Å². The number of fused-ring (bicyclic) bond motifs is 1. The SMILES string of the molecule is O=C(O)CCCNC1CCN2CCCC12. The number of rotatable bonds is 5. The van der Waals surface area contributed by atoms with Crippen LogP contribution in [-0.2, 0) is 4.79 Å². The molecule has 4 heteroatoms. The molecular formula is C11H20N2O2. The zero-order valence-corrected chi connectivity index (χ0v) is 9.11. The van der Waals surface area contributed by atoms with Gasteiger partial charge in [0.1, 0.15) is 0 Å². The van der Waals surface area contributed by atoms with Crippen molar-refractivity contribution in [1.82, 2.24) is 10.2 Å². The van der Waals surface area contributed by atoms with Gasteiger partial charge in [-0.3, -0.25) is 9.69 Å². The van der Waals surface area contributed by atoms with E-state index in [0.717, 1.165) is 19.0 Å². The summed E-state index contributed by atoms with van der Waals surface area (Å²) in [6, 6.07) is 1.34. The van der Waals surface area contributed by atoms with Crippen molar-refractivity contribution < 1.29 is 9.90 Å². The van der Waals surface area contributed by atoms with Crippen molar-refractivity contribution in [1.29, 1.82) is 0 Å². The fourth-order valence-electron chi connectivity index (χ4n) is 2.85. The van der Waals surface area contributed by atoms with E-state index in [1.165, 1.54) is 32.4 Å². The average molecular weight is 212 g/mol. The van der Waals surface area contributed by atoms with E-state index in [1.54, 1.807) is 0 Å². The lowest BCUT2D eigenvalue weighted by Gasteiger charge is -2.21. The van der Waals surface area contributed by atoms with Gasteiger partial charge in [-0.05, 0) is 38.8 Å². The monoisotopic (exact) mass is 212 g/mol. The van der Waals surface area contributed by atoms with Crippen LogP contribution in [0.4, 0.5) is 0 Å². The molecule has 2 saturated heterocycles. The molecule has 0 aliphatic carbocycles. The first kappa shape index (κ1) is 10.9. The largest absolute Gasteiger partial charge is 0.481 e. The molecule has 15 heavy (non-hydrogen) atoms. The van der Waals surface area contributed by atoms with Gasteiger partial charge in [0, 0.05) is 25.0 Å². The van der Waals surface area contributed by atoms with E-state index in [2.05, 4.69) is 10.2 Å². The number of nitrogens with zero attached hydrogens (tertiary/aromatic N) is 1. The molecular weight excluding hydrogens is 192 g/mol. The highest BCUT2D eigenvalue weighted by Crippen LogP contribution is 2.27. The quantitative estimate of drug-likeness (QED) is 0.658. The average Bonchev–Trinajstić information content (AvgIpc) is 2.74. The van der Waals surface area contributed by atoms with Gasteiger partial charge in [0.2, 0.25) is 0 Å². The molecule has 0 spiro atoms. The summed E-state index contributed by atoms with van der Waals surface area (Å²) in [4.78, 5) is 12.9. The van der Waals surface area contributed by atoms with Crippen molar-refractivity contribution in [2.75, 3.05) is 19.6 Å². The van der Waals surface area contributed by atoms with Crippen molar-refractivity contribution in [2.24, 2.45) is 0 Å². The lowest BCUT2D eigenvalue weighted by molar-refractivity contribution is -0.137. The Labute approximate surface area is 90.6 Å². The van der Waals surface area contributed by atoms with Crippen LogP contribution < -0.4 is 5.32 Å². The van der Waals surface area contributed by atoms with Gasteiger partial charge in [-0.1, -0.05) is 0 Å². The van der Waals surface area contributed by atoms with Gasteiger partial charge in [-0.15, -0.1) is 0 Å². The van der Waals surface area contributed by atoms with Crippen LogP contribution in [0.25, 0.3) is 0 Å². The van der Waals surface area contributed by atoms with E-state index in [9.17, 15) is 4.79 Å². The minimum atomic E-state index is -0.689. The summed E-state index contributed by atoms with van der Waals surface area (Å²) in [5.41, 5.74) is 0. The lowest BCUT2D eigenvalue weighted by atomic mass is 10.1. The van der Waals surface area contributed by atoms with Crippen molar-refractivity contribution in [3.05, 3.63) is 0 Å². The van der Waals surface area contributed by atoms with Gasteiger partial charge >= 0.3 is 5.97 Å². The topological polar surface area (TPSA) is 52.6 Å². The maximum absolute atomic E-state index is 10.3. The molecule has 2 aliphatic heterocycles. The third-order valence-corrected chi connectivity index (χ3v) is 3.58. The zero-order valence-electron chi connectivity index (χ0n) is 9.11. The Kier molecular flexibility index (Phi) is 3.59. The standard InChI is InChI=1S/C11H20N2O2/c14-11(15)4-1-6-12-9-5-8-13-7-2-3-10(9)13/h9-10,12H,1-8H2,(H,14,15). The molecule has 0 amide bonds. The summed E-state index contributed by atoms with van der Waals surface area (Å²) in [7, 11) is 0. The molecule has 2 heterocycles. The molecule has 2 unspecified atom stereocenters. The second-order valence-corrected chi connectivity index (χ2v) is 4.59. The van der Waals surface area contributed by atoms with Crippen LogP contribution in [0, 0.1) is 0 Å². The minimum Gasteiger partial charge on any atom is -0.481 e. The van der Waals surface area contributed by atoms with E-state index < -0.39 is 5.97 Å². The number of hydrogen-bond acceptors (Lipinski definition) is 3. The van der Waals surface area contributed by atoms with E-state index in [-0.39, 0.29) is 6.42 Å². The van der Waals surface area contributed by atoms with E-state index in [4.69, 9.17) is 5.11 Å². The summed E-state index contributed by atoms with van der Waals surface area (Å²) in [6.07, 6.45) is 4.92. The predicted molar refractivity (Wildman–Crippen MR) is 57.9 cm³/mol. The second kappa shape index (κ2) is 4.94. The molecule has 2 N–H and O–H groups in total. The van der Waals surface area contributed by atoms with Crippen LogP contribution in [0.2, 0.25) is 0 Å². The third kappa shape index (κ3) is 2.69. The van der Waals surface area contributed by atoms with Gasteiger partial charge in [-0.25, -0.2) is 0 Å². The first-order chi connectivity index (χ1) is 7.27. The van der Waals surface area contributed by atoms with E-state index >= 15 is 0 Å². The first-order valence-corrected chi connectivity index (χ1v) is 5.96. The van der Waals surface area contributed by atoms with Gasteiger partial charge in [0.15, 0.2) is 0 Å². The summed E-state index contributed by atoms with van der Waals surface area (Å²) < 4.78 is 0. The number of hydrogen-bond donors (Lipinski definition) is 2. The Hall–Kier alpha value is -0.610. The summed E-state index contributed by atoms with van der Waals surface area (Å²) in [5, 5.41) is 12.0. The normalized spacial score (nSPS) is 30.7. The maximum Gasteiger partial charge on any atom is 0.303 e. The van der Waals surface area contributed by atoms with Gasteiger partial charge < -0.3 is 10.4 Å². The Morgan fingerprint density at radius 3 is 3.07 bits per heavy atom. The highest BCUT2D eigenvalue weighted by atomic mass is 16.4. The minimum absolute atomic E-state index is 0.286. The van der Waals surface area contributed by atoms with E-state index in [1.807, 2.05) is 0 Å². The molecule has 4 nitrogen and oxygen atoms in total. The van der Waals surface area contributed by atoms with Crippen molar-refractivity contribution >= 4 is 5.97 Å². The molecule has 0 radical (unpaired) electrons. The maximum atomic E-state index is 10.3. The van der Waals surface area contributed by atoms with Crippen LogP contribution in [0.3, 0.4) is 0 Å². The number of carboxylic acid groups (broad SMARTS) is 1. The van der Waals surface area contributed by atoms with Gasteiger partial charge in [0.25, 0.3) is 0 Å². The second-order valence-electron chi connectivity index (χ2n) is 4.59. The van der Waals surface area contributed by atoms with Crippen molar-refractivity contribution in [3.63, 3.8) is 0 Å². The first-order valence-electron chi connectivity index (χ1n) is 5.96. The molecule has 0 bridgehead atoms. The highest BCUT2D eigenvalue weighted by Gasteiger charge is 2.36. The zero-order chi connectivity index (χ0) is 10.7. The smallest absolute Gasteiger partial charge is 0.303 e. The molecule has 0 aromatic rings. The summed E-state index contributed by atoms with van der Waals surface area (Å²) in [5.74, 6) is -0.689. The fourth-order valence-corrected chi connectivity index (χ4v) is 2.85. The molecule has 86 valence electrons. The molecule has 2 fully saturated rings. The molecule has 0 saturated carbocycles. The van der Waals surface area contributed by atoms with Gasteiger partial charge in [-0.2, -0.15) is 0 Å². The number of carboxylic acids is 1. The Morgan fingerprint density at radius 2 is 2.27 bits per heavy atom. The van der Waals surface area contributed by atoms with Crippen LogP contribution in [0.15, 0.2) is 0 Å². The predicted octanol–water partition coefficient (Wildman–Crippen LogP) is 0.678. The number of aliphatic carboxylic acids is 1. The van der Waals surface area contributed by atoms with Crippen LogP contribution in [0.1, 0.15) is 32.1 Å². The molecule has 2 aliphatic rings. The van der Waals surface area contributed by atoms with Crippen molar-refractivity contribution in [3.8, 4) is 0 Å². The summed E-state index contributed by atoms with van der Waals surface area (Å²) >= 11 is 0. The molecule has 2 atom stereocenters. The summed E-state index contributed by atoms with van der Waals surface area (Å²) in [6.45, 7) is 3.33. The Balaban J connectivity index is 1.65. The molecule has 0 aromatic heterocycles. The van der Waals surface area contributed by atoms with Crippen LogP contribution in [0.5, 0.6) is 0 Å². The number of nitrogens with one attached hydrogen (secondary N) is 1. The lowest BCUT2D eigenvalue weighted by Crippen LogP contribution is -2.39.